The normalized spacial score (nSPS) is 18.1. The predicted molar refractivity (Wildman–Crippen MR) is 97.1 cm³/mol. The highest BCUT2D eigenvalue weighted by Gasteiger charge is 2.49. The second-order valence-electron chi connectivity index (χ2n) is 4.84. The van der Waals surface area contributed by atoms with Crippen molar-refractivity contribution in [1.29, 1.82) is 0 Å². The summed E-state index contributed by atoms with van der Waals surface area (Å²) in [7, 11) is 0. The fourth-order valence-corrected chi connectivity index (χ4v) is 2.11. The molecule has 1 heterocycles. The highest BCUT2D eigenvalue weighted by Crippen LogP contribution is 2.48. The number of halogens is 1. The van der Waals surface area contributed by atoms with E-state index in [9.17, 15) is 5.11 Å². The van der Waals surface area contributed by atoms with Crippen LogP contribution in [0.25, 0.3) is 5.70 Å². The number of aliphatic hydroxyl groups is 1. The van der Waals surface area contributed by atoms with Crippen molar-refractivity contribution in [3.63, 3.8) is 0 Å². The van der Waals surface area contributed by atoms with Crippen LogP contribution in [0.3, 0.4) is 0 Å². The van der Waals surface area contributed by atoms with Gasteiger partial charge in [0.1, 0.15) is 18.8 Å². The first kappa shape index (κ1) is 19.1. The van der Waals surface area contributed by atoms with Crippen molar-refractivity contribution in [1.82, 2.24) is 14.8 Å². The van der Waals surface area contributed by atoms with Crippen molar-refractivity contribution in [2.75, 3.05) is 0 Å². The lowest BCUT2D eigenvalue weighted by molar-refractivity contribution is 0.212. The molecule has 0 saturated heterocycles. The topological polar surface area (TPSA) is 50.9 Å². The summed E-state index contributed by atoms with van der Waals surface area (Å²) in [5.41, 5.74) is 1.44. The summed E-state index contributed by atoms with van der Waals surface area (Å²) in [5.74, 6) is 0. The van der Waals surface area contributed by atoms with Gasteiger partial charge in [-0.3, -0.25) is 0 Å². The standard InChI is InChI=1S/C16H18ClN3O.C2H6/c1-3-5-7-13(6-4-2)10-14(20-12-18-11-19-20)15(21)16(17)8-9-16;1-2/h3-7,10-12,15,21H,1-2,8-9H2;1-2H3/b7-5-,13-6+,14-10+;. The zero-order valence-corrected chi connectivity index (χ0v) is 14.4. The fourth-order valence-electron chi connectivity index (χ4n) is 1.91. The Kier molecular flexibility index (Phi) is 7.72. The molecule has 4 nitrogen and oxygen atoms in total. The van der Waals surface area contributed by atoms with E-state index >= 15 is 0 Å². The number of rotatable bonds is 7. The van der Waals surface area contributed by atoms with Crippen LogP contribution in [0.5, 0.6) is 0 Å². The van der Waals surface area contributed by atoms with Crippen LogP contribution in [0.4, 0.5) is 0 Å². The van der Waals surface area contributed by atoms with Crippen molar-refractivity contribution in [3.05, 3.63) is 67.8 Å². The molecule has 2 rings (SSSR count). The first-order chi connectivity index (χ1) is 11.1. The Labute approximate surface area is 143 Å². The number of hydrogen-bond acceptors (Lipinski definition) is 3. The molecule has 124 valence electrons. The largest absolute Gasteiger partial charge is 0.385 e. The zero-order chi connectivity index (χ0) is 17.3. The lowest BCUT2D eigenvalue weighted by atomic mass is 10.1. The van der Waals surface area contributed by atoms with Crippen LogP contribution in [0.1, 0.15) is 26.7 Å². The van der Waals surface area contributed by atoms with E-state index in [1.165, 1.54) is 11.0 Å². The van der Waals surface area contributed by atoms with Crippen LogP contribution in [0.2, 0.25) is 0 Å². The number of hydrogen-bond donors (Lipinski definition) is 1. The van der Waals surface area contributed by atoms with Crippen molar-refractivity contribution in [2.24, 2.45) is 0 Å². The molecule has 1 saturated carbocycles. The van der Waals surface area contributed by atoms with E-state index in [-0.39, 0.29) is 0 Å². The van der Waals surface area contributed by atoms with Crippen molar-refractivity contribution in [3.8, 4) is 0 Å². The average Bonchev–Trinajstić information content (AvgIpc) is 3.10. The number of alkyl halides is 1. The maximum absolute atomic E-state index is 10.5. The van der Waals surface area contributed by atoms with E-state index in [0.717, 1.165) is 18.4 Å². The summed E-state index contributed by atoms with van der Waals surface area (Å²) >= 11 is 6.35. The first-order valence-electron chi connectivity index (χ1n) is 7.66. The maximum Gasteiger partial charge on any atom is 0.138 e. The van der Waals surface area contributed by atoms with Gasteiger partial charge in [0.25, 0.3) is 0 Å². The zero-order valence-electron chi connectivity index (χ0n) is 13.7. The Morgan fingerprint density at radius 1 is 1.35 bits per heavy atom. The molecular weight excluding hydrogens is 310 g/mol. The lowest BCUT2D eigenvalue weighted by Crippen LogP contribution is -2.27. The summed E-state index contributed by atoms with van der Waals surface area (Å²) in [6.45, 7) is 11.3. The van der Waals surface area contributed by atoms with Gasteiger partial charge in [-0.05, 0) is 24.5 Å². The summed E-state index contributed by atoms with van der Waals surface area (Å²) in [4.78, 5) is 3.33. The van der Waals surface area contributed by atoms with Crippen LogP contribution >= 0.6 is 11.6 Å². The third kappa shape index (κ3) is 5.34. The summed E-state index contributed by atoms with van der Waals surface area (Å²) in [6, 6.07) is 0. The van der Waals surface area contributed by atoms with E-state index < -0.39 is 11.0 Å². The van der Waals surface area contributed by atoms with Gasteiger partial charge in [0, 0.05) is 0 Å². The van der Waals surface area contributed by atoms with Gasteiger partial charge in [0.15, 0.2) is 0 Å². The van der Waals surface area contributed by atoms with Gasteiger partial charge in [-0.1, -0.05) is 57.4 Å². The summed E-state index contributed by atoms with van der Waals surface area (Å²) in [6.07, 6.45) is 14.4. The number of aliphatic hydroxyl groups excluding tert-OH is 1. The van der Waals surface area contributed by atoms with Crippen LogP contribution in [-0.4, -0.2) is 30.8 Å². The summed E-state index contributed by atoms with van der Waals surface area (Å²) < 4.78 is 1.53. The quantitative estimate of drug-likeness (QED) is 0.603. The second-order valence-corrected chi connectivity index (χ2v) is 5.60. The molecule has 1 fully saturated rings. The predicted octanol–water partition coefficient (Wildman–Crippen LogP) is 4.13. The molecule has 1 atom stereocenters. The van der Waals surface area contributed by atoms with Crippen LogP contribution < -0.4 is 0 Å². The Morgan fingerprint density at radius 3 is 2.52 bits per heavy atom. The van der Waals surface area contributed by atoms with E-state index in [0.29, 0.717) is 5.70 Å². The third-order valence-electron chi connectivity index (χ3n) is 3.23. The number of allylic oxidation sites excluding steroid dienone is 7. The molecule has 1 aliphatic carbocycles. The van der Waals surface area contributed by atoms with Crippen LogP contribution in [-0.2, 0) is 0 Å². The maximum atomic E-state index is 10.5. The molecule has 1 aliphatic rings. The summed E-state index contributed by atoms with van der Waals surface area (Å²) in [5, 5.41) is 14.6. The minimum absolute atomic E-state index is 0.585. The van der Waals surface area contributed by atoms with Gasteiger partial charge in [0.2, 0.25) is 0 Å². The SMILES string of the molecule is C=C\C=C/C(=C\C=C)/C=C(\C(O)C1(Cl)CC1)n1cncn1.CC. The minimum Gasteiger partial charge on any atom is -0.385 e. The third-order valence-corrected chi connectivity index (χ3v) is 3.82. The molecule has 0 amide bonds. The molecule has 0 aliphatic heterocycles. The van der Waals surface area contributed by atoms with Crippen molar-refractivity contribution >= 4 is 17.3 Å². The minimum atomic E-state index is -0.814. The molecule has 1 unspecified atom stereocenters. The van der Waals surface area contributed by atoms with Gasteiger partial charge in [0.05, 0.1) is 10.6 Å². The van der Waals surface area contributed by atoms with E-state index in [1.54, 1.807) is 18.5 Å². The fraction of sp³-hybridized carbons (Fsp3) is 0.333. The van der Waals surface area contributed by atoms with Gasteiger partial charge in [-0.15, -0.1) is 11.6 Å². The molecule has 0 aromatic carbocycles. The molecule has 1 aromatic heterocycles. The molecule has 1 aromatic rings. The smallest absolute Gasteiger partial charge is 0.138 e. The monoisotopic (exact) mass is 333 g/mol. The van der Waals surface area contributed by atoms with Gasteiger partial charge in [-0.25, -0.2) is 9.67 Å². The Hall–Kier alpha value is -1.91. The van der Waals surface area contributed by atoms with E-state index in [2.05, 4.69) is 23.2 Å². The average molecular weight is 334 g/mol. The Bertz CT molecular complexity index is 596. The number of nitrogens with zero attached hydrogens (tertiary/aromatic N) is 3. The number of aromatic nitrogens is 3. The molecule has 1 N–H and O–H groups in total. The Balaban J connectivity index is 0.00000127. The second kappa shape index (κ2) is 9.28. The van der Waals surface area contributed by atoms with Gasteiger partial charge >= 0.3 is 0 Å². The molecule has 0 bridgehead atoms. The van der Waals surface area contributed by atoms with E-state index in [1.807, 2.05) is 38.2 Å². The molecule has 23 heavy (non-hydrogen) atoms. The molecule has 5 heteroatoms. The van der Waals surface area contributed by atoms with Gasteiger partial charge < -0.3 is 5.11 Å². The van der Waals surface area contributed by atoms with Crippen molar-refractivity contribution < 1.29 is 5.11 Å². The lowest BCUT2D eigenvalue weighted by Gasteiger charge is -2.19. The van der Waals surface area contributed by atoms with Gasteiger partial charge in [-0.2, -0.15) is 5.10 Å². The van der Waals surface area contributed by atoms with Crippen LogP contribution in [0, 0.1) is 0 Å². The van der Waals surface area contributed by atoms with Crippen LogP contribution in [0.15, 0.2) is 67.8 Å². The molecule has 0 radical (unpaired) electrons. The van der Waals surface area contributed by atoms with Crippen molar-refractivity contribution in [2.45, 2.75) is 37.7 Å². The first-order valence-corrected chi connectivity index (χ1v) is 8.04. The highest BCUT2D eigenvalue weighted by atomic mass is 35.5. The molecule has 0 spiro atoms. The Morgan fingerprint density at radius 2 is 2.04 bits per heavy atom. The van der Waals surface area contributed by atoms with E-state index in [4.69, 9.17) is 11.6 Å². The highest BCUT2D eigenvalue weighted by molar-refractivity contribution is 6.27. The molecular formula is C18H24ClN3O.